The first-order valence-corrected chi connectivity index (χ1v) is 12.0. The minimum atomic E-state index is -3.42. The predicted molar refractivity (Wildman–Crippen MR) is 122 cm³/mol. The number of carbonyl (C=O) groups is 1. The molecule has 1 amide bonds. The van der Waals surface area contributed by atoms with Crippen LogP contribution < -0.4 is 14.4 Å². The Morgan fingerprint density at radius 3 is 2.33 bits per heavy atom. The molecule has 0 unspecified atom stereocenters. The van der Waals surface area contributed by atoms with E-state index in [4.69, 9.17) is 4.74 Å². The van der Waals surface area contributed by atoms with E-state index in [-0.39, 0.29) is 24.9 Å². The van der Waals surface area contributed by atoms with Gasteiger partial charge >= 0.3 is 0 Å². The molecule has 0 aliphatic heterocycles. The van der Waals surface area contributed by atoms with Gasteiger partial charge in [0.1, 0.15) is 5.75 Å². The van der Waals surface area contributed by atoms with E-state index in [1.807, 2.05) is 51.1 Å². The van der Waals surface area contributed by atoms with E-state index < -0.39 is 10.0 Å². The van der Waals surface area contributed by atoms with Crippen LogP contribution >= 0.6 is 0 Å². The van der Waals surface area contributed by atoms with Crippen LogP contribution in [-0.4, -0.2) is 34.2 Å². The van der Waals surface area contributed by atoms with Crippen LogP contribution in [0.3, 0.4) is 0 Å². The lowest BCUT2D eigenvalue weighted by Gasteiger charge is -2.23. The minimum absolute atomic E-state index is 0.0901. The average Bonchev–Trinajstić information content (AvgIpc) is 2.69. The molecule has 0 radical (unpaired) electrons. The molecule has 1 atom stereocenters. The molecule has 164 valence electrons. The number of benzene rings is 2. The van der Waals surface area contributed by atoms with Gasteiger partial charge in [-0.25, -0.2) is 8.42 Å². The topological polar surface area (TPSA) is 75.7 Å². The fourth-order valence-corrected chi connectivity index (χ4v) is 4.35. The lowest BCUT2D eigenvalue weighted by Crippen LogP contribution is -2.33. The molecule has 7 heteroatoms. The van der Waals surface area contributed by atoms with Gasteiger partial charge in [-0.2, -0.15) is 0 Å². The molecule has 1 N–H and O–H groups in total. The second-order valence-electron chi connectivity index (χ2n) is 7.53. The van der Waals surface area contributed by atoms with Gasteiger partial charge in [-0.3, -0.25) is 9.10 Å². The summed E-state index contributed by atoms with van der Waals surface area (Å²) in [5.74, 6) is 0.726. The summed E-state index contributed by atoms with van der Waals surface area (Å²) in [7, 11) is -1.78. The summed E-state index contributed by atoms with van der Waals surface area (Å²) in [4.78, 5) is 12.5. The van der Waals surface area contributed by atoms with Gasteiger partial charge in [0, 0.05) is 13.0 Å². The lowest BCUT2D eigenvalue weighted by atomic mass is 10.0. The number of anilines is 1. The van der Waals surface area contributed by atoms with Gasteiger partial charge in [-0.05, 0) is 56.0 Å². The normalized spacial score (nSPS) is 12.3. The largest absolute Gasteiger partial charge is 0.496 e. The van der Waals surface area contributed by atoms with Crippen molar-refractivity contribution in [3.05, 3.63) is 59.2 Å². The number of amides is 1. The van der Waals surface area contributed by atoms with Gasteiger partial charge in [0.25, 0.3) is 0 Å². The molecular weight excluding hydrogens is 400 g/mol. The molecule has 2 aromatic carbocycles. The van der Waals surface area contributed by atoms with E-state index in [2.05, 4.69) is 5.32 Å². The summed E-state index contributed by atoms with van der Waals surface area (Å²) in [5.41, 5.74) is 3.72. The van der Waals surface area contributed by atoms with E-state index in [1.54, 1.807) is 19.2 Å². The number of nitrogens with one attached hydrogen (secondary N) is 1. The molecule has 2 aromatic rings. The summed E-state index contributed by atoms with van der Waals surface area (Å²) in [5, 5.41) is 3.06. The number of carbonyl (C=O) groups excluding carboxylic acids is 1. The molecule has 0 spiro atoms. The Balaban J connectivity index is 1.98. The van der Waals surface area contributed by atoms with Crippen molar-refractivity contribution in [2.45, 2.75) is 46.1 Å². The fraction of sp³-hybridized carbons (Fsp3) is 0.435. The molecule has 0 aliphatic carbocycles. The first-order valence-electron chi connectivity index (χ1n) is 10.1. The van der Waals surface area contributed by atoms with Crippen molar-refractivity contribution in [1.29, 1.82) is 0 Å². The number of ether oxygens (including phenoxy) is 1. The van der Waals surface area contributed by atoms with Crippen LogP contribution in [0.2, 0.25) is 0 Å². The van der Waals surface area contributed by atoms with Crippen molar-refractivity contribution in [1.82, 2.24) is 5.32 Å². The maximum atomic E-state index is 12.5. The van der Waals surface area contributed by atoms with Crippen LogP contribution in [0.5, 0.6) is 5.75 Å². The van der Waals surface area contributed by atoms with E-state index in [0.29, 0.717) is 12.1 Å². The molecule has 0 aromatic heterocycles. The summed E-state index contributed by atoms with van der Waals surface area (Å²) in [6, 6.07) is 13.1. The standard InChI is InChI=1S/C23H32N2O4S/c1-6-21(19-11-14-22(29-4)18(3)16-19)24-23(26)8-7-15-25(30(5,27)28)20-12-9-17(2)10-13-20/h9-14,16,21H,6-8,15H2,1-5H3,(H,24,26)/t21-/m0/s1. The van der Waals surface area contributed by atoms with Gasteiger partial charge in [-0.15, -0.1) is 0 Å². The van der Waals surface area contributed by atoms with Crippen LogP contribution in [0.15, 0.2) is 42.5 Å². The Bertz CT molecular complexity index is 956. The van der Waals surface area contributed by atoms with Crippen LogP contribution in [0, 0.1) is 13.8 Å². The molecule has 0 bridgehead atoms. The third kappa shape index (κ3) is 6.49. The molecule has 6 nitrogen and oxygen atoms in total. The SMILES string of the molecule is CC[C@H](NC(=O)CCCN(c1ccc(C)cc1)S(C)(=O)=O)c1ccc(OC)c(C)c1. The Morgan fingerprint density at radius 1 is 1.13 bits per heavy atom. The summed E-state index contributed by atoms with van der Waals surface area (Å²) in [6.07, 6.45) is 2.64. The maximum absolute atomic E-state index is 12.5. The zero-order valence-corrected chi connectivity index (χ0v) is 19.3. The molecule has 0 aliphatic rings. The van der Waals surface area contributed by atoms with Crippen LogP contribution in [0.1, 0.15) is 48.9 Å². The lowest BCUT2D eigenvalue weighted by molar-refractivity contribution is -0.121. The summed E-state index contributed by atoms with van der Waals surface area (Å²) >= 11 is 0. The molecular formula is C23H32N2O4S. The Kier molecular flexibility index (Phi) is 8.29. The van der Waals surface area contributed by atoms with E-state index in [1.165, 1.54) is 10.6 Å². The zero-order chi connectivity index (χ0) is 22.3. The molecule has 2 rings (SSSR count). The number of hydrogen-bond donors (Lipinski definition) is 1. The molecule has 0 saturated carbocycles. The second-order valence-corrected chi connectivity index (χ2v) is 9.44. The van der Waals surface area contributed by atoms with Gasteiger partial charge in [-0.1, -0.05) is 36.8 Å². The fourth-order valence-electron chi connectivity index (χ4n) is 3.39. The highest BCUT2D eigenvalue weighted by molar-refractivity contribution is 7.92. The van der Waals surface area contributed by atoms with Crippen molar-refractivity contribution in [3.8, 4) is 5.75 Å². The molecule has 0 saturated heterocycles. The Labute approximate surface area is 180 Å². The van der Waals surface area contributed by atoms with Crippen LogP contribution in [0.25, 0.3) is 0 Å². The maximum Gasteiger partial charge on any atom is 0.232 e. The van der Waals surface area contributed by atoms with Crippen molar-refractivity contribution in [3.63, 3.8) is 0 Å². The number of sulfonamides is 1. The van der Waals surface area contributed by atoms with Crippen molar-refractivity contribution < 1.29 is 17.9 Å². The first kappa shape index (κ1) is 23.7. The first-order chi connectivity index (χ1) is 14.2. The third-order valence-corrected chi connectivity index (χ3v) is 6.25. The van der Waals surface area contributed by atoms with E-state index in [9.17, 15) is 13.2 Å². The van der Waals surface area contributed by atoms with Crippen molar-refractivity contribution >= 4 is 21.6 Å². The van der Waals surface area contributed by atoms with Crippen molar-refractivity contribution in [2.24, 2.45) is 0 Å². The predicted octanol–water partition coefficient (Wildman–Crippen LogP) is 4.13. The molecule has 30 heavy (non-hydrogen) atoms. The van der Waals surface area contributed by atoms with Gasteiger partial charge in [0.15, 0.2) is 0 Å². The summed E-state index contributed by atoms with van der Waals surface area (Å²) < 4.78 is 31.1. The second kappa shape index (κ2) is 10.5. The monoisotopic (exact) mass is 432 g/mol. The number of aryl methyl sites for hydroxylation is 2. The molecule has 0 heterocycles. The number of hydrogen-bond acceptors (Lipinski definition) is 4. The number of rotatable bonds is 10. The van der Waals surface area contributed by atoms with Gasteiger partial charge in [0.05, 0.1) is 25.1 Å². The highest BCUT2D eigenvalue weighted by Gasteiger charge is 2.18. The van der Waals surface area contributed by atoms with E-state index >= 15 is 0 Å². The number of nitrogens with zero attached hydrogens (tertiary/aromatic N) is 1. The third-order valence-electron chi connectivity index (χ3n) is 5.05. The van der Waals surface area contributed by atoms with Crippen LogP contribution in [-0.2, 0) is 14.8 Å². The summed E-state index contributed by atoms with van der Waals surface area (Å²) in [6.45, 7) is 6.20. The highest BCUT2D eigenvalue weighted by Crippen LogP contribution is 2.24. The smallest absolute Gasteiger partial charge is 0.232 e. The highest BCUT2D eigenvalue weighted by atomic mass is 32.2. The average molecular weight is 433 g/mol. The quantitative estimate of drug-likeness (QED) is 0.613. The minimum Gasteiger partial charge on any atom is -0.496 e. The van der Waals surface area contributed by atoms with Crippen molar-refractivity contribution in [2.75, 3.05) is 24.2 Å². The molecule has 0 fully saturated rings. The Hall–Kier alpha value is -2.54. The van der Waals surface area contributed by atoms with E-state index in [0.717, 1.165) is 28.9 Å². The Morgan fingerprint density at radius 2 is 1.80 bits per heavy atom. The van der Waals surface area contributed by atoms with Crippen LogP contribution in [0.4, 0.5) is 5.69 Å². The number of methoxy groups -OCH3 is 1. The zero-order valence-electron chi connectivity index (χ0n) is 18.4. The van der Waals surface area contributed by atoms with Gasteiger partial charge in [0.2, 0.25) is 15.9 Å². The van der Waals surface area contributed by atoms with Gasteiger partial charge < -0.3 is 10.1 Å².